The molecule has 0 fully saturated rings. The van der Waals surface area contributed by atoms with Gasteiger partial charge >= 0.3 is 5.69 Å². The highest BCUT2D eigenvalue weighted by Gasteiger charge is 2.22. The van der Waals surface area contributed by atoms with Crippen molar-refractivity contribution in [1.82, 2.24) is 9.78 Å². The SMILES string of the molecule is COc1ccc(/C=C/C(=O)c2cccc(C)c2)cc1Cn1nc(C)c([N+](=O)[O-])c1C. The number of carbonyl (C=O) groups excluding carboxylic acids is 1. The first-order chi connectivity index (χ1) is 14.3. The number of nitro groups is 1. The van der Waals surface area contributed by atoms with Crippen molar-refractivity contribution in [3.63, 3.8) is 0 Å². The van der Waals surface area contributed by atoms with E-state index in [1.807, 2.05) is 43.3 Å². The van der Waals surface area contributed by atoms with Crippen LogP contribution in [0.2, 0.25) is 0 Å². The Hall–Kier alpha value is -3.74. The van der Waals surface area contributed by atoms with Gasteiger partial charge in [0.05, 0.1) is 18.6 Å². The van der Waals surface area contributed by atoms with Crippen molar-refractivity contribution in [2.75, 3.05) is 7.11 Å². The Bertz CT molecular complexity index is 1150. The summed E-state index contributed by atoms with van der Waals surface area (Å²) in [4.78, 5) is 23.3. The van der Waals surface area contributed by atoms with Crippen molar-refractivity contribution >= 4 is 17.5 Å². The number of ketones is 1. The van der Waals surface area contributed by atoms with Crippen molar-refractivity contribution in [2.45, 2.75) is 27.3 Å². The number of benzene rings is 2. The molecule has 154 valence electrons. The smallest absolute Gasteiger partial charge is 0.312 e. The lowest BCUT2D eigenvalue weighted by molar-refractivity contribution is -0.386. The lowest BCUT2D eigenvalue weighted by Crippen LogP contribution is -2.06. The Kier molecular flexibility index (Phi) is 6.11. The van der Waals surface area contributed by atoms with E-state index in [-0.39, 0.29) is 11.5 Å². The van der Waals surface area contributed by atoms with Crippen molar-refractivity contribution in [3.05, 3.63) is 92.3 Å². The fraction of sp³-hybridized carbons (Fsp3) is 0.217. The Morgan fingerprint density at radius 2 is 1.97 bits per heavy atom. The van der Waals surface area contributed by atoms with Gasteiger partial charge in [-0.1, -0.05) is 35.9 Å². The van der Waals surface area contributed by atoms with Crippen LogP contribution in [-0.2, 0) is 6.54 Å². The van der Waals surface area contributed by atoms with Crippen LogP contribution in [0.15, 0.2) is 48.5 Å². The molecule has 3 aromatic rings. The summed E-state index contributed by atoms with van der Waals surface area (Å²) in [6.45, 7) is 5.56. The van der Waals surface area contributed by atoms with Gasteiger partial charge in [0.1, 0.15) is 17.1 Å². The number of carbonyl (C=O) groups is 1. The van der Waals surface area contributed by atoms with E-state index in [1.165, 1.54) is 6.08 Å². The summed E-state index contributed by atoms with van der Waals surface area (Å²) in [6, 6.07) is 13.0. The number of hydrogen-bond acceptors (Lipinski definition) is 5. The van der Waals surface area contributed by atoms with Crippen LogP contribution in [0.4, 0.5) is 5.69 Å². The molecule has 0 spiro atoms. The summed E-state index contributed by atoms with van der Waals surface area (Å²) in [7, 11) is 1.57. The maximum atomic E-state index is 12.4. The standard InChI is InChI=1S/C23H23N3O4/c1-15-6-5-7-19(12-15)21(27)10-8-18-9-11-22(30-4)20(13-18)14-25-17(3)23(26(28)29)16(2)24-25/h5-13H,14H2,1-4H3/b10-8+. The van der Waals surface area contributed by atoms with E-state index in [2.05, 4.69) is 5.10 Å². The third-order valence-electron chi connectivity index (χ3n) is 4.88. The Morgan fingerprint density at radius 1 is 1.20 bits per heavy atom. The average Bonchev–Trinajstić information content (AvgIpc) is 2.99. The summed E-state index contributed by atoms with van der Waals surface area (Å²) >= 11 is 0. The van der Waals surface area contributed by atoms with Crippen LogP contribution in [0.5, 0.6) is 5.75 Å². The molecule has 7 heteroatoms. The molecule has 0 aliphatic rings. The molecule has 0 amide bonds. The minimum atomic E-state index is -0.415. The molecule has 0 radical (unpaired) electrons. The molecule has 0 saturated heterocycles. The van der Waals surface area contributed by atoms with Gasteiger partial charge in [0.15, 0.2) is 5.78 Å². The van der Waals surface area contributed by atoms with Crippen molar-refractivity contribution < 1.29 is 14.5 Å². The van der Waals surface area contributed by atoms with Crippen LogP contribution in [0.3, 0.4) is 0 Å². The summed E-state index contributed by atoms with van der Waals surface area (Å²) in [5, 5.41) is 15.6. The second-order valence-electron chi connectivity index (χ2n) is 7.07. The lowest BCUT2D eigenvalue weighted by atomic mass is 10.1. The van der Waals surface area contributed by atoms with Crippen molar-refractivity contribution in [3.8, 4) is 5.75 Å². The Balaban J connectivity index is 1.88. The first kappa shape index (κ1) is 21.0. The second-order valence-corrected chi connectivity index (χ2v) is 7.07. The molecule has 7 nitrogen and oxygen atoms in total. The third-order valence-corrected chi connectivity index (χ3v) is 4.88. The molecule has 3 rings (SSSR count). The zero-order valence-electron chi connectivity index (χ0n) is 17.4. The first-order valence-corrected chi connectivity index (χ1v) is 9.44. The normalized spacial score (nSPS) is 11.1. The average molecular weight is 405 g/mol. The third kappa shape index (κ3) is 4.46. The summed E-state index contributed by atoms with van der Waals surface area (Å²) in [5.41, 5.74) is 4.17. The molecule has 0 atom stereocenters. The van der Waals surface area contributed by atoms with E-state index in [9.17, 15) is 14.9 Å². The summed E-state index contributed by atoms with van der Waals surface area (Å²) in [6.07, 6.45) is 3.28. The molecule has 0 aliphatic carbocycles. The number of methoxy groups -OCH3 is 1. The van der Waals surface area contributed by atoms with Crippen LogP contribution >= 0.6 is 0 Å². The van der Waals surface area contributed by atoms with E-state index < -0.39 is 4.92 Å². The molecule has 0 N–H and O–H groups in total. The van der Waals surface area contributed by atoms with E-state index >= 15 is 0 Å². The van der Waals surface area contributed by atoms with Gasteiger partial charge in [-0.05, 0) is 50.6 Å². The van der Waals surface area contributed by atoms with Crippen molar-refractivity contribution in [1.29, 1.82) is 0 Å². The quantitative estimate of drug-likeness (QED) is 0.247. The van der Waals surface area contributed by atoms with Crippen LogP contribution < -0.4 is 4.74 Å². The van der Waals surface area contributed by atoms with Crippen LogP contribution in [0.1, 0.15) is 38.4 Å². The first-order valence-electron chi connectivity index (χ1n) is 9.44. The van der Waals surface area contributed by atoms with Crippen LogP contribution in [0, 0.1) is 30.9 Å². The monoisotopic (exact) mass is 405 g/mol. The molecule has 30 heavy (non-hydrogen) atoms. The van der Waals surface area contributed by atoms with Gasteiger partial charge in [-0.3, -0.25) is 19.6 Å². The van der Waals surface area contributed by atoms with Gasteiger partial charge < -0.3 is 4.74 Å². The van der Waals surface area contributed by atoms with Gasteiger partial charge in [-0.25, -0.2) is 0 Å². The number of aromatic nitrogens is 2. The van der Waals surface area contributed by atoms with Gasteiger partial charge in [-0.15, -0.1) is 0 Å². The highest BCUT2D eigenvalue weighted by Crippen LogP contribution is 2.26. The zero-order valence-corrected chi connectivity index (χ0v) is 17.4. The van der Waals surface area contributed by atoms with Gasteiger partial charge in [0, 0.05) is 11.1 Å². The van der Waals surface area contributed by atoms with Crippen molar-refractivity contribution in [2.24, 2.45) is 0 Å². The summed E-state index contributed by atoms with van der Waals surface area (Å²) in [5.74, 6) is 0.567. The molecule has 1 heterocycles. The largest absolute Gasteiger partial charge is 0.496 e. The summed E-state index contributed by atoms with van der Waals surface area (Å²) < 4.78 is 7.03. The highest BCUT2D eigenvalue weighted by molar-refractivity contribution is 6.06. The predicted octanol–water partition coefficient (Wildman–Crippen LogP) is 4.67. The minimum absolute atomic E-state index is 0.0220. The van der Waals surface area contributed by atoms with E-state index in [4.69, 9.17) is 4.74 Å². The molecule has 0 saturated carbocycles. The van der Waals surface area contributed by atoms with Crippen LogP contribution in [-0.4, -0.2) is 27.6 Å². The molecule has 1 aromatic heterocycles. The molecule has 2 aromatic carbocycles. The minimum Gasteiger partial charge on any atom is -0.496 e. The molecule has 0 aliphatic heterocycles. The molecular weight excluding hydrogens is 382 g/mol. The van der Waals surface area contributed by atoms with Crippen LogP contribution in [0.25, 0.3) is 6.08 Å². The number of allylic oxidation sites excluding steroid dienone is 1. The lowest BCUT2D eigenvalue weighted by Gasteiger charge is -2.11. The Labute approximate surface area is 174 Å². The topological polar surface area (TPSA) is 87.3 Å². The predicted molar refractivity (Wildman–Crippen MR) is 115 cm³/mol. The number of rotatable bonds is 7. The maximum absolute atomic E-state index is 12.4. The van der Waals surface area contributed by atoms with E-state index in [0.717, 1.165) is 16.7 Å². The fourth-order valence-corrected chi connectivity index (χ4v) is 3.36. The van der Waals surface area contributed by atoms with Gasteiger partial charge in [0.25, 0.3) is 0 Å². The number of hydrogen-bond donors (Lipinski definition) is 0. The second kappa shape index (κ2) is 8.73. The molecular formula is C23H23N3O4. The molecule has 0 unspecified atom stereocenters. The van der Waals surface area contributed by atoms with E-state index in [0.29, 0.717) is 29.2 Å². The van der Waals surface area contributed by atoms with Gasteiger partial charge in [-0.2, -0.15) is 5.10 Å². The number of aryl methyl sites for hydroxylation is 2. The molecule has 0 bridgehead atoms. The Morgan fingerprint density at radius 3 is 2.60 bits per heavy atom. The number of ether oxygens (including phenoxy) is 1. The van der Waals surface area contributed by atoms with E-state index in [1.54, 1.807) is 37.8 Å². The maximum Gasteiger partial charge on any atom is 0.312 e. The highest BCUT2D eigenvalue weighted by atomic mass is 16.6. The fourth-order valence-electron chi connectivity index (χ4n) is 3.36. The number of nitrogens with zero attached hydrogens (tertiary/aromatic N) is 3. The zero-order chi connectivity index (χ0) is 21.8. The van der Waals surface area contributed by atoms with Gasteiger partial charge in [0.2, 0.25) is 0 Å².